The highest BCUT2D eigenvalue weighted by molar-refractivity contribution is 5.67. The van der Waals surface area contributed by atoms with E-state index in [0.29, 0.717) is 11.5 Å². The first-order chi connectivity index (χ1) is 11.5. The second-order valence-electron chi connectivity index (χ2n) is 6.24. The summed E-state index contributed by atoms with van der Waals surface area (Å²) in [5.74, 6) is 1.55. The number of phenols is 2. The van der Waals surface area contributed by atoms with Crippen LogP contribution in [0, 0.1) is 5.92 Å². The normalized spacial score (nSPS) is 19.4. The lowest BCUT2D eigenvalue weighted by Gasteiger charge is -2.32. The molecule has 4 nitrogen and oxygen atoms in total. The van der Waals surface area contributed by atoms with E-state index in [4.69, 9.17) is 9.47 Å². The van der Waals surface area contributed by atoms with Crippen molar-refractivity contribution in [1.29, 1.82) is 0 Å². The van der Waals surface area contributed by atoms with E-state index in [1.54, 1.807) is 26.4 Å². The molecule has 0 heterocycles. The Balaban J connectivity index is 2.20. The van der Waals surface area contributed by atoms with Crippen LogP contribution in [-0.2, 0) is 0 Å². The quantitative estimate of drug-likeness (QED) is 0.883. The number of hydrogen-bond acceptors (Lipinski definition) is 4. The number of methoxy groups -OCH3 is 2. The Morgan fingerprint density at radius 3 is 2.25 bits per heavy atom. The van der Waals surface area contributed by atoms with Crippen LogP contribution < -0.4 is 9.47 Å². The molecular weight excluding hydrogens is 304 g/mol. The number of rotatable bonds is 3. The Labute approximate surface area is 142 Å². The molecule has 0 radical (unpaired) electrons. The second kappa shape index (κ2) is 6.11. The molecule has 1 aliphatic rings. The van der Waals surface area contributed by atoms with Crippen LogP contribution in [0.1, 0.15) is 36.5 Å². The lowest BCUT2D eigenvalue weighted by atomic mass is 9.72. The maximum Gasteiger partial charge on any atom is 0.160 e. The van der Waals surface area contributed by atoms with E-state index in [-0.39, 0.29) is 23.3 Å². The highest BCUT2D eigenvalue weighted by atomic mass is 16.5. The van der Waals surface area contributed by atoms with E-state index in [2.05, 4.69) is 19.9 Å². The number of phenolic OH excluding ortho intramolecular Hbond substituents is 2. The lowest BCUT2D eigenvalue weighted by molar-refractivity contribution is 0.370. The zero-order chi connectivity index (χ0) is 17.4. The first-order valence-electron chi connectivity index (χ1n) is 7.92. The molecule has 2 aromatic carbocycles. The summed E-state index contributed by atoms with van der Waals surface area (Å²) in [7, 11) is 3.09. The van der Waals surface area contributed by atoms with Crippen molar-refractivity contribution in [2.75, 3.05) is 14.2 Å². The molecule has 0 aromatic heterocycles. The molecule has 0 saturated carbocycles. The fourth-order valence-electron chi connectivity index (χ4n) is 3.42. The van der Waals surface area contributed by atoms with Crippen LogP contribution >= 0.6 is 0 Å². The summed E-state index contributed by atoms with van der Waals surface area (Å²) in [6.45, 7) is 4.28. The number of allylic oxidation sites excluding steroid dienone is 1. The molecule has 0 aliphatic heterocycles. The maximum absolute atomic E-state index is 10.1. The van der Waals surface area contributed by atoms with Crippen molar-refractivity contribution in [3.05, 3.63) is 52.6 Å². The van der Waals surface area contributed by atoms with Gasteiger partial charge < -0.3 is 19.7 Å². The SMILES string of the molecule is COc1cc([C@@H]2c3cc(OC)c(O)cc3C=C(C)[C@H]2C)ccc1O. The highest BCUT2D eigenvalue weighted by Crippen LogP contribution is 2.46. The molecule has 0 saturated heterocycles. The third-order valence-corrected chi connectivity index (χ3v) is 4.88. The van der Waals surface area contributed by atoms with E-state index in [1.807, 2.05) is 18.2 Å². The van der Waals surface area contributed by atoms with Crippen molar-refractivity contribution >= 4 is 6.08 Å². The molecule has 4 heteroatoms. The summed E-state index contributed by atoms with van der Waals surface area (Å²) in [6, 6.07) is 9.09. The topological polar surface area (TPSA) is 58.9 Å². The van der Waals surface area contributed by atoms with E-state index in [9.17, 15) is 10.2 Å². The van der Waals surface area contributed by atoms with Crippen molar-refractivity contribution in [2.45, 2.75) is 19.8 Å². The van der Waals surface area contributed by atoms with Gasteiger partial charge >= 0.3 is 0 Å². The van der Waals surface area contributed by atoms with Gasteiger partial charge in [-0.1, -0.05) is 24.6 Å². The standard InChI is InChI=1S/C20H22O4/c1-11-7-14-8-17(22)19(24-4)10-15(14)20(12(11)2)13-5-6-16(21)18(9-13)23-3/h5-10,12,20-22H,1-4H3/t12-,20-/m1/s1. The van der Waals surface area contributed by atoms with Crippen molar-refractivity contribution in [3.8, 4) is 23.0 Å². The van der Waals surface area contributed by atoms with Gasteiger partial charge in [-0.15, -0.1) is 0 Å². The van der Waals surface area contributed by atoms with E-state index in [1.165, 1.54) is 5.57 Å². The van der Waals surface area contributed by atoms with Crippen LogP contribution in [0.3, 0.4) is 0 Å². The minimum Gasteiger partial charge on any atom is -0.504 e. The average Bonchev–Trinajstić information content (AvgIpc) is 2.57. The maximum atomic E-state index is 10.1. The largest absolute Gasteiger partial charge is 0.504 e. The van der Waals surface area contributed by atoms with Crippen molar-refractivity contribution in [2.24, 2.45) is 5.92 Å². The van der Waals surface area contributed by atoms with Crippen molar-refractivity contribution in [3.63, 3.8) is 0 Å². The molecule has 0 bridgehead atoms. The number of aromatic hydroxyl groups is 2. The number of ether oxygens (including phenoxy) is 2. The van der Waals surface area contributed by atoms with Gasteiger partial charge in [0.25, 0.3) is 0 Å². The minimum absolute atomic E-state index is 0.0917. The van der Waals surface area contributed by atoms with Gasteiger partial charge in [0.05, 0.1) is 14.2 Å². The summed E-state index contributed by atoms with van der Waals surface area (Å²) >= 11 is 0. The highest BCUT2D eigenvalue weighted by Gasteiger charge is 2.30. The molecule has 2 N–H and O–H groups in total. The Hall–Kier alpha value is -2.62. The van der Waals surface area contributed by atoms with Crippen LogP contribution in [0.4, 0.5) is 0 Å². The Morgan fingerprint density at radius 1 is 0.917 bits per heavy atom. The van der Waals surface area contributed by atoms with Gasteiger partial charge in [0.2, 0.25) is 0 Å². The van der Waals surface area contributed by atoms with E-state index in [0.717, 1.165) is 16.7 Å². The molecule has 24 heavy (non-hydrogen) atoms. The van der Waals surface area contributed by atoms with Crippen LogP contribution in [0.5, 0.6) is 23.0 Å². The summed E-state index contributed by atoms with van der Waals surface area (Å²) in [5.41, 5.74) is 4.37. The first kappa shape index (κ1) is 16.2. The van der Waals surface area contributed by atoms with Crippen LogP contribution in [0.25, 0.3) is 6.08 Å². The summed E-state index contributed by atoms with van der Waals surface area (Å²) in [5, 5.41) is 20.0. The van der Waals surface area contributed by atoms with E-state index < -0.39 is 0 Å². The number of hydrogen-bond donors (Lipinski definition) is 2. The smallest absolute Gasteiger partial charge is 0.160 e. The molecule has 3 rings (SSSR count). The minimum atomic E-state index is 0.0917. The third kappa shape index (κ3) is 2.58. The molecule has 0 spiro atoms. The zero-order valence-corrected chi connectivity index (χ0v) is 14.3. The van der Waals surface area contributed by atoms with Crippen LogP contribution in [0.2, 0.25) is 0 Å². The van der Waals surface area contributed by atoms with Gasteiger partial charge in [0.1, 0.15) is 0 Å². The predicted octanol–water partition coefficient (Wildman–Crippen LogP) is 4.30. The van der Waals surface area contributed by atoms with Gasteiger partial charge in [0, 0.05) is 5.92 Å². The molecule has 0 fully saturated rings. The van der Waals surface area contributed by atoms with Gasteiger partial charge in [-0.3, -0.25) is 0 Å². The summed E-state index contributed by atoms with van der Waals surface area (Å²) < 4.78 is 10.5. The molecule has 0 unspecified atom stereocenters. The van der Waals surface area contributed by atoms with E-state index >= 15 is 0 Å². The van der Waals surface area contributed by atoms with Crippen molar-refractivity contribution in [1.82, 2.24) is 0 Å². The predicted molar refractivity (Wildman–Crippen MR) is 94.0 cm³/mol. The fraction of sp³-hybridized carbons (Fsp3) is 0.300. The number of fused-ring (bicyclic) bond motifs is 1. The molecular formula is C20H22O4. The van der Waals surface area contributed by atoms with Crippen LogP contribution in [-0.4, -0.2) is 24.4 Å². The Kier molecular flexibility index (Phi) is 4.14. The Morgan fingerprint density at radius 2 is 1.58 bits per heavy atom. The van der Waals surface area contributed by atoms with Crippen molar-refractivity contribution < 1.29 is 19.7 Å². The molecule has 1 aliphatic carbocycles. The van der Waals surface area contributed by atoms with Crippen LogP contribution in [0.15, 0.2) is 35.9 Å². The second-order valence-corrected chi connectivity index (χ2v) is 6.24. The Bertz CT molecular complexity index is 808. The molecule has 126 valence electrons. The lowest BCUT2D eigenvalue weighted by Crippen LogP contribution is -2.17. The summed E-state index contributed by atoms with van der Waals surface area (Å²) in [4.78, 5) is 0. The first-order valence-corrected chi connectivity index (χ1v) is 7.92. The molecule has 0 amide bonds. The molecule has 2 aromatic rings. The van der Waals surface area contributed by atoms with Gasteiger partial charge in [-0.05, 0) is 53.8 Å². The van der Waals surface area contributed by atoms with Gasteiger partial charge in [-0.25, -0.2) is 0 Å². The van der Waals surface area contributed by atoms with Gasteiger partial charge in [-0.2, -0.15) is 0 Å². The zero-order valence-electron chi connectivity index (χ0n) is 14.3. The third-order valence-electron chi connectivity index (χ3n) is 4.88. The monoisotopic (exact) mass is 326 g/mol. The fourth-order valence-corrected chi connectivity index (χ4v) is 3.42. The average molecular weight is 326 g/mol. The number of benzene rings is 2. The summed E-state index contributed by atoms with van der Waals surface area (Å²) in [6.07, 6.45) is 2.10. The molecule has 2 atom stereocenters. The van der Waals surface area contributed by atoms with Gasteiger partial charge in [0.15, 0.2) is 23.0 Å².